The van der Waals surface area contributed by atoms with Crippen LogP contribution >= 0.6 is 0 Å². The monoisotopic (exact) mass is 1270 g/mol. The summed E-state index contributed by atoms with van der Waals surface area (Å²) in [6, 6.07) is 75.6. The minimum atomic E-state index is -3.04. The van der Waals surface area contributed by atoms with Crippen molar-refractivity contribution in [1.82, 2.24) is 14.1 Å². The van der Waals surface area contributed by atoms with Gasteiger partial charge in [-0.05, 0) is 83.3 Å². The van der Waals surface area contributed by atoms with Crippen LogP contribution in [-0.2, 0) is 26.5 Å². The van der Waals surface area contributed by atoms with E-state index in [2.05, 4.69) is 189 Å². The zero-order valence-electron chi connectivity index (χ0n) is 55.4. The van der Waals surface area contributed by atoms with Crippen molar-refractivity contribution in [1.29, 1.82) is 0 Å². The average molecular weight is 1270 g/mol. The SMILES string of the molecule is [2H]c1c([2H])c([2H])c(-c2cccc(-c3c([2H])c([2H])c([2H])c([2H])c3[2H])c2-[n+]2[c-]n(-c3[c-]c(Oc4[c-]c5c(cc4-c4cccc([Si](c6ccccc6)(c6ccccc6)c6ccccc6)c4)c4ccccc4n5-c4cc(C(C)(C)C)ccn4)ccc3)c3ccccc32)c([2H])c1[2H].[Pt]. The van der Waals surface area contributed by atoms with Crippen LogP contribution < -0.4 is 30.1 Å². The molecule has 0 N–H and O–H groups in total. The summed E-state index contributed by atoms with van der Waals surface area (Å²) in [6.45, 7) is 6.56. The molecule has 0 aliphatic rings. The summed E-state index contributed by atoms with van der Waals surface area (Å²) >= 11 is 0. The van der Waals surface area contributed by atoms with Crippen LogP contribution in [0.2, 0.25) is 0 Å². The standard InChI is InChI=1S/C76H56N4OSi.Pt/c1-76(2,3)57-46-47-77-74(49-57)80-69-43-20-19-40-66(69)68-51-67(56-30-23-39-63(48-56)82(60-33-13-6-14-34-60,61-35-15-7-16-36-61)62-37-17-8-18-38-62)73(52-72(68)80)81-59-32-24-31-58(50-59)78-53-79(71-45-22-21-44-70(71)78)75-64(54-26-9-4-10-27-54)41-25-42-65(75)55-28-11-5-12-29-55;/h4-49,51H,1-3H3;/q-2;/i4D,5D,9D,10D,11D,12D,26D,27D,28D,29D;. The summed E-state index contributed by atoms with van der Waals surface area (Å²) in [6.07, 6.45) is 5.35. The number of benzene rings is 11. The predicted molar refractivity (Wildman–Crippen MR) is 339 cm³/mol. The van der Waals surface area contributed by atoms with E-state index in [0.717, 1.165) is 49.5 Å². The number of aromatic nitrogens is 4. The number of hydrogen-bond acceptors (Lipinski definition) is 2. The molecule has 0 saturated heterocycles. The molecular formula is C76H56N4OPtSi-2. The molecule has 7 heteroatoms. The molecule has 0 atom stereocenters. The van der Waals surface area contributed by atoms with E-state index in [1.807, 2.05) is 60.8 Å². The Kier molecular flexibility index (Phi) is 11.3. The summed E-state index contributed by atoms with van der Waals surface area (Å²) in [5, 5.41) is 6.79. The Labute approximate surface area is 514 Å². The first-order chi connectivity index (χ1) is 44.4. The van der Waals surface area contributed by atoms with Crippen LogP contribution in [0.1, 0.15) is 40.0 Å². The van der Waals surface area contributed by atoms with E-state index in [1.165, 1.54) is 15.6 Å². The summed E-state index contributed by atoms with van der Waals surface area (Å²) in [5.41, 5.74) is 5.98. The Hall–Kier alpha value is -9.45. The van der Waals surface area contributed by atoms with Crippen LogP contribution in [0.3, 0.4) is 0 Å². The molecule has 14 rings (SSSR count). The Morgan fingerprint density at radius 2 is 1.07 bits per heavy atom. The molecule has 0 saturated carbocycles. The second kappa shape index (κ2) is 22.1. The van der Waals surface area contributed by atoms with E-state index in [1.54, 1.807) is 27.3 Å². The second-order valence-electron chi connectivity index (χ2n) is 21.2. The number of pyridine rings is 1. The van der Waals surface area contributed by atoms with Gasteiger partial charge >= 0.3 is 0 Å². The van der Waals surface area contributed by atoms with Crippen molar-refractivity contribution in [2.45, 2.75) is 26.2 Å². The Morgan fingerprint density at radius 1 is 0.506 bits per heavy atom. The van der Waals surface area contributed by atoms with Crippen molar-refractivity contribution in [2.75, 3.05) is 0 Å². The molecule has 0 bridgehead atoms. The maximum atomic E-state index is 9.20. The molecule has 402 valence electrons. The van der Waals surface area contributed by atoms with E-state index in [0.29, 0.717) is 28.2 Å². The van der Waals surface area contributed by atoms with E-state index in [-0.39, 0.29) is 54.4 Å². The topological polar surface area (TPSA) is 35.9 Å². The van der Waals surface area contributed by atoms with Gasteiger partial charge in [-0.3, -0.25) is 4.57 Å². The summed E-state index contributed by atoms with van der Waals surface area (Å²) < 4.78 is 102. The van der Waals surface area contributed by atoms with Crippen molar-refractivity contribution in [2.24, 2.45) is 0 Å². The average Bonchev–Trinajstić information content (AvgIpc) is 1.72. The van der Waals surface area contributed by atoms with E-state index in [4.69, 9.17) is 17.9 Å². The van der Waals surface area contributed by atoms with Crippen LogP contribution in [-0.4, -0.2) is 22.2 Å². The van der Waals surface area contributed by atoms with Gasteiger partial charge in [0.25, 0.3) is 6.33 Å². The molecule has 3 heterocycles. The number of para-hydroxylation sites is 4. The third kappa shape index (κ3) is 9.54. The van der Waals surface area contributed by atoms with Crippen LogP contribution in [0.25, 0.3) is 83.4 Å². The van der Waals surface area contributed by atoms with Gasteiger partial charge in [-0.1, -0.05) is 274 Å². The van der Waals surface area contributed by atoms with E-state index < -0.39 is 68.5 Å². The summed E-state index contributed by atoms with van der Waals surface area (Å²) in [7, 11) is -3.04. The maximum absolute atomic E-state index is 9.20. The van der Waals surface area contributed by atoms with Gasteiger partial charge in [-0.25, -0.2) is 4.98 Å². The van der Waals surface area contributed by atoms with Gasteiger partial charge in [-0.15, -0.1) is 23.6 Å². The molecule has 0 unspecified atom stereocenters. The number of rotatable bonds is 12. The van der Waals surface area contributed by atoms with Gasteiger partial charge in [0.05, 0.1) is 30.4 Å². The van der Waals surface area contributed by atoms with Gasteiger partial charge in [0.2, 0.25) is 0 Å². The molecule has 14 aromatic rings. The third-order valence-electron chi connectivity index (χ3n) is 15.3. The molecule has 0 aliphatic carbocycles. The Morgan fingerprint density at radius 3 is 1.71 bits per heavy atom. The minimum Gasteiger partial charge on any atom is -0.509 e. The van der Waals surface area contributed by atoms with Crippen molar-refractivity contribution in [3.63, 3.8) is 0 Å². The largest absolute Gasteiger partial charge is 0.509 e. The molecule has 5 nitrogen and oxygen atoms in total. The molecule has 0 aliphatic heterocycles. The first-order valence-electron chi connectivity index (χ1n) is 32.1. The molecule has 11 aromatic carbocycles. The third-order valence-corrected chi connectivity index (χ3v) is 20.1. The van der Waals surface area contributed by atoms with Crippen LogP contribution in [0.4, 0.5) is 0 Å². The van der Waals surface area contributed by atoms with Gasteiger partial charge < -0.3 is 13.9 Å². The summed E-state index contributed by atoms with van der Waals surface area (Å²) in [5.74, 6) is 1.46. The fourth-order valence-electron chi connectivity index (χ4n) is 11.5. The van der Waals surface area contributed by atoms with Crippen LogP contribution in [0.5, 0.6) is 11.5 Å². The number of imidazole rings is 1. The van der Waals surface area contributed by atoms with Gasteiger partial charge in [0, 0.05) is 44.3 Å². The van der Waals surface area contributed by atoms with Crippen LogP contribution in [0.15, 0.2) is 285 Å². The maximum Gasteiger partial charge on any atom is 0.268 e. The molecular weight excluding hydrogens is 1210 g/mol. The number of hydrogen-bond donors (Lipinski definition) is 0. The van der Waals surface area contributed by atoms with Gasteiger partial charge in [0.15, 0.2) is 8.07 Å². The Balaban J connectivity index is 0.00000787. The molecule has 0 fully saturated rings. The first-order valence-corrected chi connectivity index (χ1v) is 29.1. The smallest absolute Gasteiger partial charge is 0.268 e. The first kappa shape index (κ1) is 42.4. The fraction of sp³-hybridized carbons (Fsp3) is 0.0526. The fourth-order valence-corrected chi connectivity index (χ4v) is 16.3. The quantitative estimate of drug-likeness (QED) is 0.0529. The van der Waals surface area contributed by atoms with Crippen molar-refractivity contribution in [3.05, 3.63) is 309 Å². The molecule has 0 spiro atoms. The van der Waals surface area contributed by atoms with Crippen LogP contribution in [0, 0.1) is 18.5 Å². The summed E-state index contributed by atoms with van der Waals surface area (Å²) in [4.78, 5) is 5.00. The zero-order valence-corrected chi connectivity index (χ0v) is 48.6. The molecule has 0 amide bonds. The van der Waals surface area contributed by atoms with Gasteiger partial charge in [-0.2, -0.15) is 18.2 Å². The molecule has 83 heavy (non-hydrogen) atoms. The Bertz CT molecular complexity index is 5030. The zero-order chi connectivity index (χ0) is 63.9. The van der Waals surface area contributed by atoms with Crippen molar-refractivity contribution >= 4 is 61.7 Å². The van der Waals surface area contributed by atoms with E-state index >= 15 is 0 Å². The van der Waals surface area contributed by atoms with Crippen molar-refractivity contribution < 1.29 is 44.1 Å². The van der Waals surface area contributed by atoms with Crippen molar-refractivity contribution in [3.8, 4) is 62.1 Å². The number of fused-ring (bicyclic) bond motifs is 4. The van der Waals surface area contributed by atoms with E-state index in [9.17, 15) is 5.48 Å². The number of ether oxygens (including phenoxy) is 1. The molecule has 3 aromatic heterocycles. The molecule has 0 radical (unpaired) electrons. The predicted octanol–water partition coefficient (Wildman–Crippen LogP) is 15.3. The second-order valence-corrected chi connectivity index (χ2v) is 25.0. The normalized spacial score (nSPS) is 13.4. The number of nitrogens with zero attached hydrogens (tertiary/aromatic N) is 4. The van der Waals surface area contributed by atoms with Gasteiger partial charge in [0.1, 0.15) is 5.82 Å². The minimum absolute atomic E-state index is 0.